The van der Waals surface area contributed by atoms with Crippen molar-refractivity contribution in [3.63, 3.8) is 0 Å². The summed E-state index contributed by atoms with van der Waals surface area (Å²) in [6, 6.07) is 14.5. The molecule has 1 fully saturated rings. The summed E-state index contributed by atoms with van der Waals surface area (Å²) in [5.41, 5.74) is 0.693. The Kier molecular flexibility index (Phi) is 4.24. The molecule has 1 aliphatic rings. The van der Waals surface area contributed by atoms with Gasteiger partial charge in [0.25, 0.3) is 0 Å². The molecule has 1 atom stereocenters. The first-order chi connectivity index (χ1) is 10.2. The van der Waals surface area contributed by atoms with Crippen LogP contribution in [0.5, 0.6) is 0 Å². The molecule has 3 heteroatoms. The zero-order valence-corrected chi connectivity index (χ0v) is 12.4. The lowest BCUT2D eigenvalue weighted by Gasteiger charge is -2.39. The lowest BCUT2D eigenvalue weighted by molar-refractivity contribution is -0.151. The van der Waals surface area contributed by atoms with Gasteiger partial charge in [0, 0.05) is 39.6 Å². The molecular weight excluding hydrogens is 264 g/mol. The molecule has 0 spiro atoms. The second-order valence-electron chi connectivity index (χ2n) is 5.74. The zero-order chi connectivity index (χ0) is 14.7. The van der Waals surface area contributed by atoms with Gasteiger partial charge in [-0.15, -0.1) is 0 Å². The van der Waals surface area contributed by atoms with E-state index in [1.165, 1.54) is 16.3 Å². The molecule has 3 nitrogen and oxygen atoms in total. The van der Waals surface area contributed by atoms with Crippen molar-refractivity contribution in [2.45, 2.75) is 31.0 Å². The Labute approximate surface area is 125 Å². The summed E-state index contributed by atoms with van der Waals surface area (Å²) in [6.45, 7) is 1.31. The Hall–Kier alpha value is -1.42. The molecule has 1 saturated heterocycles. The Morgan fingerprint density at radius 1 is 1.14 bits per heavy atom. The van der Waals surface area contributed by atoms with E-state index in [0.29, 0.717) is 19.6 Å². The zero-order valence-electron chi connectivity index (χ0n) is 12.4. The van der Waals surface area contributed by atoms with Gasteiger partial charge in [-0.05, 0) is 16.3 Å². The number of hydrogen-bond acceptors (Lipinski definition) is 3. The first kappa shape index (κ1) is 14.5. The molecule has 0 aliphatic carbocycles. The van der Waals surface area contributed by atoms with Gasteiger partial charge in [0.2, 0.25) is 0 Å². The van der Waals surface area contributed by atoms with Crippen molar-refractivity contribution in [2.24, 2.45) is 0 Å². The van der Waals surface area contributed by atoms with Crippen LogP contribution >= 0.6 is 0 Å². The van der Waals surface area contributed by atoms with Crippen LogP contribution in [0.4, 0.5) is 0 Å². The predicted molar refractivity (Wildman–Crippen MR) is 83.5 cm³/mol. The topological polar surface area (TPSA) is 38.7 Å². The summed E-state index contributed by atoms with van der Waals surface area (Å²) in [6.07, 6.45) is 1.58. The minimum Gasteiger partial charge on any atom is -0.390 e. The Bertz CT molecular complexity index is 597. The molecule has 21 heavy (non-hydrogen) atoms. The van der Waals surface area contributed by atoms with Crippen molar-refractivity contribution in [1.29, 1.82) is 0 Å². The summed E-state index contributed by atoms with van der Waals surface area (Å²) >= 11 is 0. The van der Waals surface area contributed by atoms with E-state index in [0.717, 1.165) is 12.8 Å². The van der Waals surface area contributed by atoms with E-state index in [-0.39, 0.29) is 0 Å². The third-order valence-corrected chi connectivity index (χ3v) is 4.65. The number of aliphatic hydroxyl groups is 1. The molecule has 2 aromatic rings. The first-order valence-electron chi connectivity index (χ1n) is 7.53. The fourth-order valence-electron chi connectivity index (χ4n) is 3.26. The minimum atomic E-state index is -0.516. The summed E-state index contributed by atoms with van der Waals surface area (Å²) < 4.78 is 11.1. The Morgan fingerprint density at radius 2 is 1.86 bits per heavy atom. The smallest absolute Gasteiger partial charge is 0.0983 e. The second kappa shape index (κ2) is 6.14. The Balaban J connectivity index is 1.87. The fraction of sp³-hybridized carbons (Fsp3) is 0.444. The third-order valence-electron chi connectivity index (χ3n) is 4.65. The maximum atomic E-state index is 10.8. The number of aliphatic hydroxyl groups excluding tert-OH is 1. The number of hydrogen-bond donors (Lipinski definition) is 1. The highest BCUT2D eigenvalue weighted by atomic mass is 16.5. The normalized spacial score (nSPS) is 19.5. The van der Waals surface area contributed by atoms with Crippen molar-refractivity contribution in [3.05, 3.63) is 48.0 Å². The van der Waals surface area contributed by atoms with Gasteiger partial charge in [-0.2, -0.15) is 0 Å². The van der Waals surface area contributed by atoms with E-state index < -0.39 is 11.7 Å². The van der Waals surface area contributed by atoms with E-state index in [4.69, 9.17) is 9.47 Å². The SMILES string of the molecule is COC1(C(O)Cc2cccc3ccccc23)CCOCC1. The maximum Gasteiger partial charge on any atom is 0.0983 e. The van der Waals surface area contributed by atoms with Gasteiger partial charge >= 0.3 is 0 Å². The average Bonchev–Trinajstić information content (AvgIpc) is 2.56. The number of rotatable bonds is 4. The molecule has 2 aromatic carbocycles. The quantitative estimate of drug-likeness (QED) is 0.939. The molecule has 0 bridgehead atoms. The number of fused-ring (bicyclic) bond motifs is 1. The van der Waals surface area contributed by atoms with Gasteiger partial charge in [-0.1, -0.05) is 42.5 Å². The van der Waals surface area contributed by atoms with Gasteiger partial charge < -0.3 is 14.6 Å². The summed E-state index contributed by atoms with van der Waals surface area (Å²) in [4.78, 5) is 0. The number of methoxy groups -OCH3 is 1. The van der Waals surface area contributed by atoms with Crippen molar-refractivity contribution in [2.75, 3.05) is 20.3 Å². The van der Waals surface area contributed by atoms with Gasteiger partial charge in [0.15, 0.2) is 0 Å². The minimum absolute atomic E-state index is 0.477. The summed E-state index contributed by atoms with van der Waals surface area (Å²) in [5, 5.41) is 13.2. The van der Waals surface area contributed by atoms with Crippen molar-refractivity contribution < 1.29 is 14.6 Å². The van der Waals surface area contributed by atoms with E-state index in [2.05, 4.69) is 24.3 Å². The van der Waals surface area contributed by atoms with Crippen molar-refractivity contribution in [3.8, 4) is 0 Å². The van der Waals surface area contributed by atoms with Gasteiger partial charge in [0.1, 0.15) is 0 Å². The molecule has 3 rings (SSSR count). The molecule has 1 heterocycles. The number of benzene rings is 2. The van der Waals surface area contributed by atoms with E-state index in [1.54, 1.807) is 7.11 Å². The lowest BCUT2D eigenvalue weighted by Crippen LogP contribution is -2.49. The van der Waals surface area contributed by atoms with Crippen LogP contribution in [0.3, 0.4) is 0 Å². The third kappa shape index (κ3) is 2.82. The highest BCUT2D eigenvalue weighted by Gasteiger charge is 2.39. The number of ether oxygens (including phenoxy) is 2. The van der Waals surface area contributed by atoms with Gasteiger partial charge in [-0.3, -0.25) is 0 Å². The molecule has 1 aliphatic heterocycles. The lowest BCUT2D eigenvalue weighted by atomic mass is 9.84. The van der Waals surface area contributed by atoms with E-state index >= 15 is 0 Å². The van der Waals surface area contributed by atoms with Crippen LogP contribution in [0, 0.1) is 0 Å². The Morgan fingerprint density at radius 3 is 2.62 bits per heavy atom. The highest BCUT2D eigenvalue weighted by molar-refractivity contribution is 5.85. The molecule has 1 unspecified atom stereocenters. The average molecular weight is 286 g/mol. The van der Waals surface area contributed by atoms with Gasteiger partial charge in [0.05, 0.1) is 11.7 Å². The molecule has 0 saturated carbocycles. The molecule has 0 radical (unpaired) electrons. The standard InChI is InChI=1S/C18H22O3/c1-20-18(9-11-21-12-10-18)17(19)13-15-7-4-6-14-5-2-3-8-16(14)15/h2-8,17,19H,9-13H2,1H3. The van der Waals surface area contributed by atoms with Crippen LogP contribution in [-0.4, -0.2) is 37.1 Å². The monoisotopic (exact) mass is 286 g/mol. The highest BCUT2D eigenvalue weighted by Crippen LogP contribution is 2.31. The van der Waals surface area contributed by atoms with Crippen LogP contribution in [-0.2, 0) is 15.9 Å². The molecule has 112 valence electrons. The van der Waals surface area contributed by atoms with Crippen LogP contribution in [0.15, 0.2) is 42.5 Å². The fourth-order valence-corrected chi connectivity index (χ4v) is 3.26. The first-order valence-corrected chi connectivity index (χ1v) is 7.53. The van der Waals surface area contributed by atoms with Crippen LogP contribution < -0.4 is 0 Å². The molecule has 0 aromatic heterocycles. The molecule has 0 amide bonds. The maximum absolute atomic E-state index is 10.8. The van der Waals surface area contributed by atoms with Crippen molar-refractivity contribution >= 4 is 10.8 Å². The van der Waals surface area contributed by atoms with Crippen LogP contribution in [0.2, 0.25) is 0 Å². The summed E-state index contributed by atoms with van der Waals surface area (Å²) in [5.74, 6) is 0. The predicted octanol–water partition coefficient (Wildman–Crippen LogP) is 2.94. The van der Waals surface area contributed by atoms with E-state index in [9.17, 15) is 5.11 Å². The van der Waals surface area contributed by atoms with E-state index in [1.807, 2.05) is 18.2 Å². The van der Waals surface area contributed by atoms with Gasteiger partial charge in [-0.25, -0.2) is 0 Å². The van der Waals surface area contributed by atoms with Crippen LogP contribution in [0.25, 0.3) is 10.8 Å². The second-order valence-corrected chi connectivity index (χ2v) is 5.74. The van der Waals surface area contributed by atoms with Crippen LogP contribution in [0.1, 0.15) is 18.4 Å². The largest absolute Gasteiger partial charge is 0.390 e. The molecule has 1 N–H and O–H groups in total. The molecular formula is C18H22O3. The summed E-state index contributed by atoms with van der Waals surface area (Å²) in [7, 11) is 1.69. The van der Waals surface area contributed by atoms with Crippen molar-refractivity contribution in [1.82, 2.24) is 0 Å².